The number of rotatable bonds is 2. The van der Waals surface area contributed by atoms with Gasteiger partial charge in [0.25, 0.3) is 5.56 Å². The van der Waals surface area contributed by atoms with E-state index in [1.807, 2.05) is 13.8 Å². The first kappa shape index (κ1) is 11.2. The van der Waals surface area contributed by atoms with Gasteiger partial charge in [-0.25, -0.2) is 4.79 Å². The molecule has 0 unspecified atom stereocenters. The first-order valence-corrected chi connectivity index (χ1v) is 4.63. The molecule has 0 aromatic carbocycles. The Hall–Kier alpha value is -1.85. The van der Waals surface area contributed by atoms with Crippen LogP contribution in [-0.4, -0.2) is 22.0 Å². The van der Waals surface area contributed by atoms with E-state index in [9.17, 15) is 9.59 Å². The zero-order valence-electron chi connectivity index (χ0n) is 8.92. The van der Waals surface area contributed by atoms with E-state index >= 15 is 0 Å². The molecule has 0 saturated heterocycles. The van der Waals surface area contributed by atoms with Crippen molar-refractivity contribution in [1.29, 1.82) is 0 Å². The van der Waals surface area contributed by atoms with E-state index in [1.165, 1.54) is 6.07 Å². The molecule has 2 amide bonds. The maximum atomic E-state index is 11.3. The van der Waals surface area contributed by atoms with Crippen LogP contribution in [0.2, 0.25) is 0 Å². The minimum absolute atomic E-state index is 0.0292. The highest BCUT2D eigenvalue weighted by Crippen LogP contribution is 1.95. The quantitative estimate of drug-likeness (QED) is 0.668. The molecule has 0 atom stereocenters. The van der Waals surface area contributed by atoms with Crippen LogP contribution in [0.3, 0.4) is 0 Å². The molecule has 0 spiro atoms. The topological polar surface area (TPSA) is 86.9 Å². The lowest BCUT2D eigenvalue weighted by atomic mass is 10.4. The van der Waals surface area contributed by atoms with Gasteiger partial charge in [-0.3, -0.25) is 10.1 Å². The molecule has 0 aliphatic carbocycles. The Morgan fingerprint density at radius 1 is 1.53 bits per heavy atom. The Balaban J connectivity index is 2.72. The summed E-state index contributed by atoms with van der Waals surface area (Å²) >= 11 is 0. The van der Waals surface area contributed by atoms with Gasteiger partial charge in [-0.15, -0.1) is 0 Å². The molecule has 6 nitrogen and oxygen atoms in total. The Bertz CT molecular complexity index is 411. The molecule has 0 radical (unpaired) electrons. The summed E-state index contributed by atoms with van der Waals surface area (Å²) in [5.41, 5.74) is 0.265. The maximum Gasteiger partial charge on any atom is 0.321 e. The predicted molar refractivity (Wildman–Crippen MR) is 56.9 cm³/mol. The number of anilines is 1. The Morgan fingerprint density at radius 2 is 2.20 bits per heavy atom. The summed E-state index contributed by atoms with van der Waals surface area (Å²) in [5.74, 6) is 0.151. The van der Waals surface area contributed by atoms with E-state index in [2.05, 4.69) is 20.6 Å². The standard InChI is InChI=1S/C9H14N4O2/c1-5(2)10-9(15)13-8-11-6(3)4-7(14)12-8/h4-5H,1-3H3,(H3,10,11,12,13,14,15). The molecule has 15 heavy (non-hydrogen) atoms. The summed E-state index contributed by atoms with van der Waals surface area (Å²) in [5, 5.41) is 5.06. The molecule has 1 aromatic rings. The number of aryl methyl sites for hydroxylation is 1. The number of aromatic nitrogens is 2. The van der Waals surface area contributed by atoms with E-state index in [1.54, 1.807) is 6.92 Å². The molecule has 0 fully saturated rings. The summed E-state index contributed by atoms with van der Waals surface area (Å²) in [6.45, 7) is 5.40. The Labute approximate surface area is 87.1 Å². The van der Waals surface area contributed by atoms with E-state index in [-0.39, 0.29) is 17.5 Å². The van der Waals surface area contributed by atoms with Gasteiger partial charge in [-0.2, -0.15) is 4.98 Å². The third-order valence-electron chi connectivity index (χ3n) is 1.53. The lowest BCUT2D eigenvalue weighted by Crippen LogP contribution is -2.35. The fourth-order valence-electron chi connectivity index (χ4n) is 1.04. The number of urea groups is 1. The lowest BCUT2D eigenvalue weighted by Gasteiger charge is -2.09. The second-order valence-electron chi connectivity index (χ2n) is 3.50. The zero-order valence-corrected chi connectivity index (χ0v) is 8.92. The third-order valence-corrected chi connectivity index (χ3v) is 1.53. The molecule has 1 aromatic heterocycles. The van der Waals surface area contributed by atoms with Crippen LogP contribution in [0, 0.1) is 6.92 Å². The van der Waals surface area contributed by atoms with Crippen LogP contribution >= 0.6 is 0 Å². The average molecular weight is 210 g/mol. The molecular weight excluding hydrogens is 196 g/mol. The molecule has 82 valence electrons. The Kier molecular flexibility index (Phi) is 3.43. The second kappa shape index (κ2) is 4.59. The fraction of sp³-hybridized carbons (Fsp3) is 0.444. The van der Waals surface area contributed by atoms with Crippen molar-refractivity contribution >= 4 is 12.0 Å². The van der Waals surface area contributed by atoms with E-state index < -0.39 is 6.03 Å². The third kappa shape index (κ3) is 3.80. The van der Waals surface area contributed by atoms with E-state index in [0.29, 0.717) is 5.69 Å². The number of H-pyrrole nitrogens is 1. The van der Waals surface area contributed by atoms with Crippen molar-refractivity contribution in [1.82, 2.24) is 15.3 Å². The molecule has 1 heterocycles. The van der Waals surface area contributed by atoms with Crippen molar-refractivity contribution in [3.05, 3.63) is 22.1 Å². The number of hydrogen-bond donors (Lipinski definition) is 3. The van der Waals surface area contributed by atoms with Gasteiger partial charge in [0.05, 0.1) is 0 Å². The zero-order chi connectivity index (χ0) is 11.4. The molecular formula is C9H14N4O2. The molecule has 3 N–H and O–H groups in total. The predicted octanol–water partition coefficient (Wildman–Crippen LogP) is 0.608. The molecule has 6 heteroatoms. The molecule has 0 aliphatic rings. The van der Waals surface area contributed by atoms with Gasteiger partial charge in [0, 0.05) is 17.8 Å². The fourth-order valence-corrected chi connectivity index (χ4v) is 1.04. The van der Waals surface area contributed by atoms with Crippen LogP contribution in [0.1, 0.15) is 19.5 Å². The number of amides is 2. The first-order chi connectivity index (χ1) is 6.97. The Morgan fingerprint density at radius 3 is 2.73 bits per heavy atom. The SMILES string of the molecule is Cc1cc(=O)nc(NC(=O)NC(C)C)[nH]1. The summed E-state index contributed by atoms with van der Waals surface area (Å²) in [6, 6.07) is 0.992. The molecule has 1 rings (SSSR count). The van der Waals surface area contributed by atoms with Crippen LogP contribution in [0.15, 0.2) is 10.9 Å². The molecule has 0 bridgehead atoms. The van der Waals surface area contributed by atoms with Gasteiger partial charge in [0.1, 0.15) is 0 Å². The highest BCUT2D eigenvalue weighted by atomic mass is 16.2. The van der Waals surface area contributed by atoms with Crippen molar-refractivity contribution in [2.75, 3.05) is 5.32 Å². The number of nitrogens with zero attached hydrogens (tertiary/aromatic N) is 1. The molecule has 0 saturated carbocycles. The van der Waals surface area contributed by atoms with Crippen molar-refractivity contribution in [3.8, 4) is 0 Å². The van der Waals surface area contributed by atoms with E-state index in [0.717, 1.165) is 0 Å². The van der Waals surface area contributed by atoms with Crippen LogP contribution in [0.25, 0.3) is 0 Å². The minimum Gasteiger partial charge on any atom is -0.336 e. The number of nitrogens with one attached hydrogen (secondary N) is 3. The monoisotopic (exact) mass is 210 g/mol. The largest absolute Gasteiger partial charge is 0.336 e. The summed E-state index contributed by atoms with van der Waals surface area (Å²) in [6.07, 6.45) is 0. The maximum absolute atomic E-state index is 11.3. The van der Waals surface area contributed by atoms with Gasteiger partial charge in [-0.05, 0) is 20.8 Å². The van der Waals surface area contributed by atoms with Gasteiger partial charge < -0.3 is 10.3 Å². The van der Waals surface area contributed by atoms with Crippen LogP contribution < -0.4 is 16.2 Å². The normalized spacial score (nSPS) is 10.1. The first-order valence-electron chi connectivity index (χ1n) is 4.63. The van der Waals surface area contributed by atoms with Crippen molar-refractivity contribution < 1.29 is 4.79 Å². The highest BCUT2D eigenvalue weighted by molar-refractivity contribution is 5.87. The van der Waals surface area contributed by atoms with Gasteiger partial charge in [0.15, 0.2) is 0 Å². The number of aromatic amines is 1. The number of carbonyl (C=O) groups is 1. The molecule has 0 aliphatic heterocycles. The highest BCUT2D eigenvalue weighted by Gasteiger charge is 2.05. The number of carbonyl (C=O) groups excluding carboxylic acids is 1. The van der Waals surface area contributed by atoms with Crippen molar-refractivity contribution in [2.45, 2.75) is 26.8 Å². The van der Waals surface area contributed by atoms with Crippen LogP contribution in [0.4, 0.5) is 10.7 Å². The van der Waals surface area contributed by atoms with Crippen molar-refractivity contribution in [3.63, 3.8) is 0 Å². The summed E-state index contributed by atoms with van der Waals surface area (Å²) < 4.78 is 0. The second-order valence-corrected chi connectivity index (χ2v) is 3.50. The van der Waals surface area contributed by atoms with Crippen molar-refractivity contribution in [2.24, 2.45) is 0 Å². The number of hydrogen-bond acceptors (Lipinski definition) is 3. The summed E-state index contributed by atoms with van der Waals surface area (Å²) in [7, 11) is 0. The lowest BCUT2D eigenvalue weighted by molar-refractivity contribution is 0.250. The smallest absolute Gasteiger partial charge is 0.321 e. The minimum atomic E-state index is -0.390. The summed E-state index contributed by atoms with van der Waals surface area (Å²) in [4.78, 5) is 28.6. The van der Waals surface area contributed by atoms with Gasteiger partial charge in [0.2, 0.25) is 5.95 Å². The van der Waals surface area contributed by atoms with E-state index in [4.69, 9.17) is 0 Å². The van der Waals surface area contributed by atoms with Crippen LogP contribution in [-0.2, 0) is 0 Å². The van der Waals surface area contributed by atoms with Gasteiger partial charge in [-0.1, -0.05) is 0 Å². The van der Waals surface area contributed by atoms with Crippen LogP contribution in [0.5, 0.6) is 0 Å². The average Bonchev–Trinajstić information content (AvgIpc) is 1.98. The van der Waals surface area contributed by atoms with Gasteiger partial charge >= 0.3 is 6.03 Å².